The average molecular weight is 423 g/mol. The lowest BCUT2D eigenvalue weighted by Crippen LogP contribution is -2.25. The summed E-state index contributed by atoms with van der Waals surface area (Å²) >= 11 is 0. The van der Waals surface area contributed by atoms with Gasteiger partial charge >= 0.3 is 0 Å². The Bertz CT molecular complexity index is 555. The van der Waals surface area contributed by atoms with E-state index >= 15 is 0 Å². The van der Waals surface area contributed by atoms with Crippen LogP contribution in [-0.2, 0) is 19.2 Å². The first kappa shape index (κ1) is 28.0. The summed E-state index contributed by atoms with van der Waals surface area (Å²) in [5.41, 5.74) is 0.578. The second-order valence-corrected chi connectivity index (χ2v) is 8.35. The van der Waals surface area contributed by atoms with Gasteiger partial charge in [0.2, 0.25) is 11.8 Å². The fraction of sp³-hybridized carbons (Fsp3) is 0.750. The van der Waals surface area contributed by atoms with E-state index in [-0.39, 0.29) is 29.3 Å². The van der Waals surface area contributed by atoms with Gasteiger partial charge in [-0.15, -0.1) is 0 Å². The molecule has 0 aromatic heterocycles. The van der Waals surface area contributed by atoms with E-state index in [2.05, 4.69) is 17.2 Å². The number of carbonyl (C=O) groups is 4. The van der Waals surface area contributed by atoms with Gasteiger partial charge in [-0.3, -0.25) is 19.2 Å². The molecule has 0 atom stereocenters. The summed E-state index contributed by atoms with van der Waals surface area (Å²) in [6, 6.07) is 0. The van der Waals surface area contributed by atoms with Crippen LogP contribution < -0.4 is 10.6 Å². The summed E-state index contributed by atoms with van der Waals surface area (Å²) in [7, 11) is 0. The Kier molecular flexibility index (Phi) is 16.7. The van der Waals surface area contributed by atoms with Gasteiger partial charge in [-0.1, -0.05) is 33.3 Å². The van der Waals surface area contributed by atoms with Gasteiger partial charge in [0, 0.05) is 44.7 Å². The second-order valence-electron chi connectivity index (χ2n) is 8.35. The normalized spacial score (nSPS) is 10.7. The highest BCUT2D eigenvalue weighted by Gasteiger charge is 2.07. The van der Waals surface area contributed by atoms with Crippen molar-refractivity contribution in [2.75, 3.05) is 13.1 Å². The number of Topliss-reactive ketones (excluding diaryl/α,β-unsaturated/α-hetero) is 2. The number of carbonyl (C=O) groups excluding carboxylic acids is 4. The zero-order chi connectivity index (χ0) is 22.8. The van der Waals surface area contributed by atoms with Crippen molar-refractivity contribution in [3.63, 3.8) is 0 Å². The lowest BCUT2D eigenvalue weighted by molar-refractivity contribution is -0.123. The fourth-order valence-electron chi connectivity index (χ4n) is 2.89. The Morgan fingerprint density at radius 3 is 1.53 bits per heavy atom. The molecule has 2 amide bonds. The van der Waals surface area contributed by atoms with Crippen LogP contribution in [0.3, 0.4) is 0 Å². The minimum absolute atomic E-state index is 0.0418. The van der Waals surface area contributed by atoms with E-state index in [0.717, 1.165) is 51.4 Å². The highest BCUT2D eigenvalue weighted by atomic mass is 16.2. The quantitative estimate of drug-likeness (QED) is 0.240. The minimum Gasteiger partial charge on any atom is -0.356 e. The first-order valence-electron chi connectivity index (χ1n) is 11.5. The molecule has 172 valence electrons. The zero-order valence-corrected chi connectivity index (χ0v) is 19.3. The summed E-state index contributed by atoms with van der Waals surface area (Å²) in [5, 5.41) is 5.83. The molecular weight excluding hydrogens is 380 g/mol. The summed E-state index contributed by atoms with van der Waals surface area (Å²) < 4.78 is 0. The van der Waals surface area contributed by atoms with Crippen molar-refractivity contribution in [1.82, 2.24) is 10.6 Å². The number of nitrogens with one attached hydrogen (secondary N) is 2. The average Bonchev–Trinajstić information content (AvgIpc) is 2.69. The smallest absolute Gasteiger partial charge is 0.219 e. The molecule has 30 heavy (non-hydrogen) atoms. The molecule has 0 radical (unpaired) electrons. The maximum atomic E-state index is 11.7. The Labute approximate surface area is 182 Å². The molecule has 0 aromatic rings. The first-order valence-corrected chi connectivity index (χ1v) is 11.5. The zero-order valence-electron chi connectivity index (χ0n) is 19.3. The van der Waals surface area contributed by atoms with Gasteiger partial charge in [-0.05, 0) is 51.0 Å². The fourth-order valence-corrected chi connectivity index (χ4v) is 2.89. The number of amides is 2. The number of allylic oxidation sites excluding steroid dienone is 1. The molecular formula is C24H42N2O4. The molecule has 0 aromatic carbocycles. The van der Waals surface area contributed by atoms with Crippen molar-refractivity contribution in [3.05, 3.63) is 12.2 Å². The van der Waals surface area contributed by atoms with E-state index < -0.39 is 0 Å². The topological polar surface area (TPSA) is 92.3 Å². The van der Waals surface area contributed by atoms with Crippen molar-refractivity contribution in [2.24, 2.45) is 5.92 Å². The highest BCUT2D eigenvalue weighted by Crippen LogP contribution is 2.07. The van der Waals surface area contributed by atoms with Crippen LogP contribution in [0.15, 0.2) is 12.2 Å². The van der Waals surface area contributed by atoms with Crippen molar-refractivity contribution in [1.29, 1.82) is 0 Å². The van der Waals surface area contributed by atoms with Crippen molar-refractivity contribution in [3.8, 4) is 0 Å². The van der Waals surface area contributed by atoms with Crippen LogP contribution in [0.1, 0.15) is 97.8 Å². The minimum atomic E-state index is 0.0418. The van der Waals surface area contributed by atoms with Gasteiger partial charge < -0.3 is 10.6 Å². The summed E-state index contributed by atoms with van der Waals surface area (Å²) in [6.07, 6.45) is 8.85. The third kappa shape index (κ3) is 16.9. The van der Waals surface area contributed by atoms with Gasteiger partial charge in [0.05, 0.1) is 0 Å². The van der Waals surface area contributed by atoms with Gasteiger partial charge in [0.15, 0.2) is 5.78 Å². The molecule has 0 spiro atoms. The maximum absolute atomic E-state index is 11.7. The van der Waals surface area contributed by atoms with E-state index in [9.17, 15) is 19.2 Å². The number of hydrogen-bond acceptors (Lipinski definition) is 4. The Morgan fingerprint density at radius 2 is 1.10 bits per heavy atom. The molecule has 0 heterocycles. The molecule has 0 saturated carbocycles. The lowest BCUT2D eigenvalue weighted by atomic mass is 10.0. The predicted molar refractivity (Wildman–Crippen MR) is 121 cm³/mol. The van der Waals surface area contributed by atoms with E-state index in [0.29, 0.717) is 44.3 Å². The monoisotopic (exact) mass is 422 g/mol. The van der Waals surface area contributed by atoms with Crippen LogP contribution in [0.25, 0.3) is 0 Å². The molecule has 0 rings (SSSR count). The van der Waals surface area contributed by atoms with Crippen molar-refractivity contribution < 1.29 is 19.2 Å². The molecule has 0 aliphatic rings. The van der Waals surface area contributed by atoms with Crippen LogP contribution >= 0.6 is 0 Å². The maximum Gasteiger partial charge on any atom is 0.219 e. The molecule has 0 aliphatic heterocycles. The third-order valence-electron chi connectivity index (χ3n) is 5.00. The molecule has 0 bridgehead atoms. The number of rotatable bonds is 19. The van der Waals surface area contributed by atoms with Crippen LogP contribution in [0.4, 0.5) is 0 Å². The largest absolute Gasteiger partial charge is 0.356 e. The van der Waals surface area contributed by atoms with Crippen molar-refractivity contribution >= 4 is 23.4 Å². The predicted octanol–water partition coefficient (Wildman–Crippen LogP) is 4.27. The molecule has 0 unspecified atom stereocenters. The summed E-state index contributed by atoms with van der Waals surface area (Å²) in [4.78, 5) is 46.4. The Morgan fingerprint density at radius 1 is 0.667 bits per heavy atom. The van der Waals surface area contributed by atoms with E-state index in [4.69, 9.17) is 0 Å². The van der Waals surface area contributed by atoms with Gasteiger partial charge in [0.1, 0.15) is 5.78 Å². The third-order valence-corrected chi connectivity index (χ3v) is 5.00. The van der Waals surface area contributed by atoms with Crippen molar-refractivity contribution in [2.45, 2.75) is 97.8 Å². The molecule has 6 nitrogen and oxygen atoms in total. The van der Waals surface area contributed by atoms with Gasteiger partial charge in [0.25, 0.3) is 0 Å². The molecule has 0 saturated heterocycles. The van der Waals surface area contributed by atoms with E-state index in [1.54, 1.807) is 6.92 Å². The second kappa shape index (κ2) is 17.8. The number of ketones is 2. The highest BCUT2D eigenvalue weighted by molar-refractivity contribution is 5.94. The molecule has 6 heteroatoms. The van der Waals surface area contributed by atoms with E-state index in [1.165, 1.54) is 0 Å². The van der Waals surface area contributed by atoms with E-state index in [1.807, 2.05) is 13.8 Å². The van der Waals surface area contributed by atoms with Gasteiger partial charge in [-0.2, -0.15) is 0 Å². The first-order chi connectivity index (χ1) is 14.2. The Balaban J connectivity index is 3.43. The summed E-state index contributed by atoms with van der Waals surface area (Å²) in [5.74, 6) is 0.520. The Hall–Kier alpha value is -1.98. The van der Waals surface area contributed by atoms with Crippen LogP contribution in [0.2, 0.25) is 0 Å². The standard InChI is InChI=1S/C24H42N2O4/c1-19(2)21(27)13-7-9-15-23(29)25-17-11-5-6-12-18-26-24(30)16-10-8-14-22(28)20(3)4/h20H,1,5-18H2,2-4H3,(H,25,29)(H,26,30). The number of unbranched alkanes of at least 4 members (excludes halogenated alkanes) is 5. The molecule has 2 N–H and O–H groups in total. The van der Waals surface area contributed by atoms with Crippen LogP contribution in [-0.4, -0.2) is 36.5 Å². The SMILES string of the molecule is C=C(C)C(=O)CCCCC(=O)NCCCCCCNC(=O)CCCCC(=O)C(C)C. The van der Waals surface area contributed by atoms with Crippen LogP contribution in [0, 0.1) is 5.92 Å². The number of hydrogen-bond donors (Lipinski definition) is 2. The molecule has 0 aliphatic carbocycles. The molecule has 0 fully saturated rings. The van der Waals surface area contributed by atoms with Crippen LogP contribution in [0.5, 0.6) is 0 Å². The summed E-state index contributed by atoms with van der Waals surface area (Å²) in [6.45, 7) is 10.5. The lowest BCUT2D eigenvalue weighted by Gasteiger charge is -2.07. The van der Waals surface area contributed by atoms with Gasteiger partial charge in [-0.25, -0.2) is 0 Å².